The number of carbonyl (C=O) groups excluding carboxylic acids is 1. The summed E-state index contributed by atoms with van der Waals surface area (Å²) in [5.41, 5.74) is 8.26. The highest BCUT2D eigenvalue weighted by Crippen LogP contribution is 2.29. The molecule has 2 aromatic carbocycles. The molecule has 10 nitrogen and oxygen atoms in total. The van der Waals surface area contributed by atoms with Crippen LogP contribution in [0, 0.1) is 0 Å². The van der Waals surface area contributed by atoms with E-state index in [1.54, 1.807) is 49.4 Å². The molecule has 32 heavy (non-hydrogen) atoms. The number of nitrogens with two attached hydrogens (primary N) is 1. The van der Waals surface area contributed by atoms with Crippen molar-refractivity contribution in [2.24, 2.45) is 5.73 Å². The Hall–Kier alpha value is -3.70. The molecule has 0 saturated carbocycles. The van der Waals surface area contributed by atoms with Gasteiger partial charge in [-0.1, -0.05) is 23.7 Å². The van der Waals surface area contributed by atoms with Gasteiger partial charge < -0.3 is 11.1 Å². The number of primary amides is 1. The van der Waals surface area contributed by atoms with E-state index in [0.717, 1.165) is 0 Å². The largest absolute Gasteiger partial charge is 0.365 e. The van der Waals surface area contributed by atoms with E-state index in [1.807, 2.05) is 0 Å². The normalized spacial score (nSPS) is 11.4. The maximum absolute atomic E-state index is 12.2. The van der Waals surface area contributed by atoms with E-state index in [4.69, 9.17) is 17.3 Å². The predicted molar refractivity (Wildman–Crippen MR) is 123 cm³/mol. The first-order valence-electron chi connectivity index (χ1n) is 9.44. The second kappa shape index (κ2) is 8.44. The number of rotatable bonds is 7. The van der Waals surface area contributed by atoms with Crippen molar-refractivity contribution in [3.05, 3.63) is 59.2 Å². The maximum atomic E-state index is 12.2. The standard InChI is InChI=1S/C20H18ClN7O3S/c1-2-32(30,31)28-13-6-3-11(4-7-13)18-17(19(22)29)20(27-26-18)25-16-10-23-15-9-12(21)5-8-14(15)24-16/h3-10,28H,2H2,1H3,(H2,22,29)(H2,24,25,26,27). The highest BCUT2D eigenvalue weighted by molar-refractivity contribution is 7.92. The van der Waals surface area contributed by atoms with Crippen LogP contribution in [0.1, 0.15) is 17.3 Å². The molecule has 0 atom stereocenters. The summed E-state index contributed by atoms with van der Waals surface area (Å²) in [7, 11) is -3.40. The lowest BCUT2D eigenvalue weighted by Gasteiger charge is -2.08. The molecule has 2 heterocycles. The first kappa shape index (κ1) is 21.5. The molecular formula is C20H18ClN7O3S. The van der Waals surface area contributed by atoms with Gasteiger partial charge in [0.1, 0.15) is 17.1 Å². The van der Waals surface area contributed by atoms with Gasteiger partial charge in [0, 0.05) is 16.3 Å². The molecule has 12 heteroatoms. The van der Waals surface area contributed by atoms with Gasteiger partial charge in [-0.3, -0.25) is 19.6 Å². The molecule has 0 aliphatic rings. The fourth-order valence-corrected chi connectivity index (χ4v) is 3.81. The van der Waals surface area contributed by atoms with Gasteiger partial charge in [0.15, 0.2) is 5.82 Å². The van der Waals surface area contributed by atoms with E-state index in [9.17, 15) is 13.2 Å². The van der Waals surface area contributed by atoms with Crippen molar-refractivity contribution >= 4 is 55.9 Å². The number of fused-ring (bicyclic) bond motifs is 1. The van der Waals surface area contributed by atoms with Gasteiger partial charge in [-0.15, -0.1) is 0 Å². The molecule has 0 fully saturated rings. The number of aromatic nitrogens is 4. The van der Waals surface area contributed by atoms with Crippen LogP contribution in [0.15, 0.2) is 48.7 Å². The number of nitrogens with zero attached hydrogens (tertiary/aromatic N) is 3. The van der Waals surface area contributed by atoms with Gasteiger partial charge in [0.25, 0.3) is 5.91 Å². The van der Waals surface area contributed by atoms with Crippen molar-refractivity contribution in [3.8, 4) is 11.3 Å². The van der Waals surface area contributed by atoms with Crippen LogP contribution in [0.4, 0.5) is 17.3 Å². The minimum Gasteiger partial charge on any atom is -0.365 e. The SMILES string of the molecule is CCS(=O)(=O)Nc1ccc(-c2n[nH]c(Nc3cnc4cc(Cl)ccc4n3)c2C(N)=O)cc1. The highest BCUT2D eigenvalue weighted by atomic mass is 35.5. The molecule has 0 aliphatic heterocycles. The lowest BCUT2D eigenvalue weighted by Crippen LogP contribution is -2.14. The zero-order valence-corrected chi connectivity index (χ0v) is 18.3. The van der Waals surface area contributed by atoms with Crippen LogP contribution in [-0.4, -0.2) is 40.2 Å². The Morgan fingerprint density at radius 1 is 1.16 bits per heavy atom. The molecule has 0 spiro atoms. The molecule has 0 radical (unpaired) electrons. The van der Waals surface area contributed by atoms with Crippen molar-refractivity contribution < 1.29 is 13.2 Å². The van der Waals surface area contributed by atoms with Crippen LogP contribution >= 0.6 is 11.6 Å². The van der Waals surface area contributed by atoms with Gasteiger partial charge in [-0.05, 0) is 37.3 Å². The van der Waals surface area contributed by atoms with Crippen LogP contribution < -0.4 is 15.8 Å². The summed E-state index contributed by atoms with van der Waals surface area (Å²) in [6, 6.07) is 11.6. The molecule has 0 bridgehead atoms. The summed E-state index contributed by atoms with van der Waals surface area (Å²) in [5, 5.41) is 10.5. The predicted octanol–water partition coefficient (Wildman–Crippen LogP) is 3.28. The third-order valence-corrected chi connectivity index (χ3v) is 6.12. The van der Waals surface area contributed by atoms with Crippen LogP contribution in [0.5, 0.6) is 0 Å². The van der Waals surface area contributed by atoms with E-state index in [2.05, 4.69) is 30.2 Å². The fourth-order valence-electron chi connectivity index (χ4n) is 3.00. The first-order chi connectivity index (χ1) is 15.3. The second-order valence-electron chi connectivity index (χ2n) is 6.78. The van der Waals surface area contributed by atoms with Crippen molar-refractivity contribution in [2.75, 3.05) is 15.8 Å². The Kier molecular flexibility index (Phi) is 5.68. The first-order valence-corrected chi connectivity index (χ1v) is 11.5. The fraction of sp³-hybridized carbons (Fsp3) is 0.100. The summed E-state index contributed by atoms with van der Waals surface area (Å²) in [6.45, 7) is 1.54. The number of hydrogen-bond donors (Lipinski definition) is 4. The van der Waals surface area contributed by atoms with Crippen LogP contribution in [0.25, 0.3) is 22.3 Å². The zero-order chi connectivity index (χ0) is 22.9. The molecule has 4 aromatic rings. The maximum Gasteiger partial charge on any atom is 0.254 e. The third kappa shape index (κ3) is 4.48. The minimum absolute atomic E-state index is 0.0420. The summed E-state index contributed by atoms with van der Waals surface area (Å²) < 4.78 is 25.9. The van der Waals surface area contributed by atoms with Gasteiger partial charge >= 0.3 is 0 Å². The van der Waals surface area contributed by atoms with Crippen molar-refractivity contribution in [1.82, 2.24) is 20.2 Å². The Bertz CT molecular complexity index is 1420. The van der Waals surface area contributed by atoms with Gasteiger partial charge in [-0.25, -0.2) is 13.4 Å². The highest BCUT2D eigenvalue weighted by Gasteiger charge is 2.20. The monoisotopic (exact) mass is 471 g/mol. The summed E-state index contributed by atoms with van der Waals surface area (Å²) in [4.78, 5) is 20.9. The van der Waals surface area contributed by atoms with Crippen LogP contribution in [0.2, 0.25) is 5.02 Å². The van der Waals surface area contributed by atoms with Gasteiger partial charge in [-0.2, -0.15) is 5.10 Å². The second-order valence-corrected chi connectivity index (χ2v) is 9.23. The van der Waals surface area contributed by atoms with Crippen LogP contribution in [0.3, 0.4) is 0 Å². The number of halogens is 1. The average molecular weight is 472 g/mol. The number of hydrogen-bond acceptors (Lipinski definition) is 7. The molecular weight excluding hydrogens is 454 g/mol. The van der Waals surface area contributed by atoms with E-state index in [1.165, 1.54) is 6.20 Å². The number of amides is 1. The number of carbonyl (C=O) groups is 1. The Morgan fingerprint density at radius 3 is 2.59 bits per heavy atom. The average Bonchev–Trinajstić information content (AvgIpc) is 3.18. The quantitative estimate of drug-likeness (QED) is 0.322. The molecule has 0 aliphatic carbocycles. The Morgan fingerprint density at radius 2 is 1.91 bits per heavy atom. The molecule has 5 N–H and O–H groups in total. The van der Waals surface area contributed by atoms with Crippen LogP contribution in [-0.2, 0) is 10.0 Å². The molecule has 0 unspecified atom stereocenters. The Balaban J connectivity index is 1.64. The summed E-state index contributed by atoms with van der Waals surface area (Å²) >= 11 is 5.97. The van der Waals surface area contributed by atoms with Crippen molar-refractivity contribution in [1.29, 1.82) is 0 Å². The number of H-pyrrole nitrogens is 1. The Labute approximate surface area is 188 Å². The number of nitrogens with one attached hydrogen (secondary N) is 3. The minimum atomic E-state index is -3.40. The number of anilines is 3. The molecule has 164 valence electrons. The van der Waals surface area contributed by atoms with E-state index in [0.29, 0.717) is 38.8 Å². The van der Waals surface area contributed by atoms with Gasteiger partial charge in [0.05, 0.1) is 23.0 Å². The smallest absolute Gasteiger partial charge is 0.254 e. The number of benzene rings is 2. The molecule has 2 aromatic heterocycles. The summed E-state index contributed by atoms with van der Waals surface area (Å²) in [5.74, 6) is -0.111. The summed E-state index contributed by atoms with van der Waals surface area (Å²) in [6.07, 6.45) is 1.50. The van der Waals surface area contributed by atoms with E-state index >= 15 is 0 Å². The number of sulfonamides is 1. The molecule has 1 amide bonds. The zero-order valence-electron chi connectivity index (χ0n) is 16.8. The van der Waals surface area contributed by atoms with Gasteiger partial charge in [0.2, 0.25) is 10.0 Å². The topological polar surface area (TPSA) is 156 Å². The lowest BCUT2D eigenvalue weighted by atomic mass is 10.1. The number of aromatic amines is 1. The third-order valence-electron chi connectivity index (χ3n) is 4.58. The van der Waals surface area contributed by atoms with E-state index in [-0.39, 0.29) is 17.1 Å². The molecule has 4 rings (SSSR count). The van der Waals surface area contributed by atoms with Crippen molar-refractivity contribution in [2.45, 2.75) is 6.92 Å². The van der Waals surface area contributed by atoms with E-state index < -0.39 is 15.9 Å². The lowest BCUT2D eigenvalue weighted by molar-refractivity contribution is 0.100. The van der Waals surface area contributed by atoms with Crippen molar-refractivity contribution in [3.63, 3.8) is 0 Å². The molecule has 0 saturated heterocycles.